The Morgan fingerprint density at radius 1 is 1.37 bits per heavy atom. The zero-order chi connectivity index (χ0) is 14.4. The first-order valence-electron chi connectivity index (χ1n) is 5.80. The summed E-state index contributed by atoms with van der Waals surface area (Å²) in [6, 6.07) is 4.66. The van der Waals surface area contributed by atoms with E-state index in [1.54, 1.807) is 18.2 Å². The van der Waals surface area contributed by atoms with Crippen molar-refractivity contribution >= 4 is 41.9 Å². The quantitative estimate of drug-likeness (QED) is 0.801. The van der Waals surface area contributed by atoms with Gasteiger partial charge in [0, 0.05) is 20.4 Å². The minimum atomic E-state index is -3.59. The number of hydrogen-bond donors (Lipinski definition) is 2. The van der Waals surface area contributed by atoms with E-state index in [0.717, 1.165) is 4.47 Å². The van der Waals surface area contributed by atoms with E-state index in [-0.39, 0.29) is 10.9 Å². The molecule has 2 N–H and O–H groups in total. The van der Waals surface area contributed by atoms with Gasteiger partial charge in [-0.25, -0.2) is 13.1 Å². The molecule has 1 aliphatic carbocycles. The van der Waals surface area contributed by atoms with E-state index in [0.29, 0.717) is 10.9 Å². The second-order valence-corrected chi connectivity index (χ2v) is 8.77. The third-order valence-electron chi connectivity index (χ3n) is 3.70. The molecule has 0 radical (unpaired) electrons. The van der Waals surface area contributed by atoms with Gasteiger partial charge in [-0.2, -0.15) is 0 Å². The minimum absolute atomic E-state index is 0.202. The van der Waals surface area contributed by atoms with Crippen molar-refractivity contribution in [2.24, 2.45) is 5.41 Å². The maximum absolute atomic E-state index is 12.3. The van der Waals surface area contributed by atoms with E-state index in [2.05, 4.69) is 36.6 Å². The molecule has 0 aromatic heterocycles. The molecule has 19 heavy (non-hydrogen) atoms. The Morgan fingerprint density at radius 2 is 2.00 bits per heavy atom. The van der Waals surface area contributed by atoms with Crippen LogP contribution in [0.3, 0.4) is 0 Å². The Labute approximate surface area is 129 Å². The number of rotatable bonds is 3. The molecule has 7 heteroatoms. The smallest absolute Gasteiger partial charge is 0.241 e. The summed E-state index contributed by atoms with van der Waals surface area (Å²) in [5.41, 5.74) is -0.436. The van der Waals surface area contributed by atoms with Crippen LogP contribution in [0.5, 0.6) is 0 Å². The minimum Gasteiger partial charge on any atom is -0.392 e. The van der Waals surface area contributed by atoms with Crippen LogP contribution < -0.4 is 4.72 Å². The van der Waals surface area contributed by atoms with Crippen molar-refractivity contribution in [3.63, 3.8) is 0 Å². The number of halogens is 2. The third kappa shape index (κ3) is 2.90. The van der Waals surface area contributed by atoms with Crippen molar-refractivity contribution in [1.29, 1.82) is 0 Å². The van der Waals surface area contributed by atoms with Crippen molar-refractivity contribution in [3.8, 4) is 0 Å². The average Bonchev–Trinajstić information content (AvgIpc) is 2.27. The molecule has 1 saturated carbocycles. The van der Waals surface area contributed by atoms with Crippen molar-refractivity contribution in [1.82, 2.24) is 4.72 Å². The summed E-state index contributed by atoms with van der Waals surface area (Å²) >= 11 is 6.54. The van der Waals surface area contributed by atoms with Gasteiger partial charge in [0.2, 0.25) is 10.0 Å². The first-order valence-corrected chi connectivity index (χ1v) is 8.87. The van der Waals surface area contributed by atoms with Crippen LogP contribution in [0.1, 0.15) is 20.3 Å². The Hall–Kier alpha value is 0.0500. The van der Waals surface area contributed by atoms with Gasteiger partial charge in [0.1, 0.15) is 0 Å². The fourth-order valence-electron chi connectivity index (χ4n) is 2.05. The fraction of sp³-hybridized carbons (Fsp3) is 0.500. The molecular weight excluding hydrogens is 398 g/mol. The molecule has 2 rings (SSSR count). The van der Waals surface area contributed by atoms with Crippen molar-refractivity contribution in [2.75, 3.05) is 0 Å². The average molecular weight is 413 g/mol. The summed E-state index contributed by atoms with van der Waals surface area (Å²) in [5, 5.41) is 9.65. The second kappa shape index (κ2) is 5.11. The lowest BCUT2D eigenvalue weighted by atomic mass is 9.65. The number of hydrogen-bond acceptors (Lipinski definition) is 3. The van der Waals surface area contributed by atoms with Gasteiger partial charge in [-0.1, -0.05) is 29.8 Å². The molecule has 0 heterocycles. The first kappa shape index (κ1) is 15.4. The Balaban J connectivity index is 2.25. The van der Waals surface area contributed by atoms with E-state index >= 15 is 0 Å². The molecule has 106 valence electrons. The van der Waals surface area contributed by atoms with E-state index in [4.69, 9.17) is 0 Å². The van der Waals surface area contributed by atoms with Gasteiger partial charge in [-0.3, -0.25) is 0 Å². The Kier molecular flexibility index (Phi) is 4.15. The van der Waals surface area contributed by atoms with Crippen molar-refractivity contribution in [3.05, 3.63) is 27.1 Å². The van der Waals surface area contributed by atoms with Crippen LogP contribution in [0.15, 0.2) is 32.0 Å². The number of aliphatic hydroxyl groups excluding tert-OH is 1. The maximum atomic E-state index is 12.3. The number of benzene rings is 1. The first-order chi connectivity index (χ1) is 8.64. The van der Waals surface area contributed by atoms with Gasteiger partial charge in [-0.15, -0.1) is 0 Å². The number of aliphatic hydroxyl groups is 1. The topological polar surface area (TPSA) is 66.4 Å². The highest BCUT2D eigenvalue weighted by Crippen LogP contribution is 2.41. The van der Waals surface area contributed by atoms with Gasteiger partial charge < -0.3 is 5.11 Å². The van der Waals surface area contributed by atoms with Gasteiger partial charge in [0.15, 0.2) is 0 Å². The predicted molar refractivity (Wildman–Crippen MR) is 80.4 cm³/mol. The van der Waals surface area contributed by atoms with Crippen LogP contribution in [-0.2, 0) is 10.0 Å². The molecule has 4 nitrogen and oxygen atoms in total. The van der Waals surface area contributed by atoms with E-state index in [9.17, 15) is 13.5 Å². The lowest BCUT2D eigenvalue weighted by molar-refractivity contribution is -0.0645. The second-order valence-electron chi connectivity index (χ2n) is 5.32. The molecule has 0 amide bonds. The van der Waals surface area contributed by atoms with Crippen molar-refractivity contribution < 1.29 is 13.5 Å². The summed E-state index contributed by atoms with van der Waals surface area (Å²) in [4.78, 5) is 0.202. The summed E-state index contributed by atoms with van der Waals surface area (Å²) in [6.07, 6.45) is -0.0195. The molecule has 1 aromatic rings. The van der Waals surface area contributed by atoms with Crippen LogP contribution >= 0.6 is 31.9 Å². The summed E-state index contributed by atoms with van der Waals surface area (Å²) in [6.45, 7) is 3.70. The third-order valence-corrected chi connectivity index (χ3v) is 6.64. The normalized spacial score (nSPS) is 25.9. The zero-order valence-corrected chi connectivity index (χ0v) is 14.5. The molecule has 2 unspecified atom stereocenters. The van der Waals surface area contributed by atoms with Crippen LogP contribution in [0.4, 0.5) is 0 Å². The van der Waals surface area contributed by atoms with Crippen LogP contribution in [0.25, 0.3) is 0 Å². The SMILES string of the molecule is CC1(C)C(O)CC1NS(=O)(=O)c1ccc(Br)cc1Br. The predicted octanol–water partition coefficient (Wildman–Crippen LogP) is 2.65. The standard InChI is InChI=1S/C12H15Br2NO3S/c1-12(2)10(6-11(12)16)15-19(17,18)9-4-3-7(13)5-8(9)14/h3-5,10-11,15-16H,6H2,1-2H3. The molecule has 0 spiro atoms. The van der Waals surface area contributed by atoms with Crippen LogP contribution in [-0.4, -0.2) is 25.7 Å². The number of sulfonamides is 1. The highest BCUT2D eigenvalue weighted by atomic mass is 79.9. The Morgan fingerprint density at radius 3 is 2.47 bits per heavy atom. The molecule has 1 aromatic carbocycles. The van der Waals surface area contributed by atoms with Crippen LogP contribution in [0.2, 0.25) is 0 Å². The highest BCUT2D eigenvalue weighted by molar-refractivity contribution is 9.11. The maximum Gasteiger partial charge on any atom is 0.241 e. The molecule has 0 aliphatic heterocycles. The summed E-state index contributed by atoms with van der Waals surface area (Å²) < 4.78 is 28.6. The van der Waals surface area contributed by atoms with Crippen LogP contribution in [0, 0.1) is 5.41 Å². The zero-order valence-electron chi connectivity index (χ0n) is 10.5. The molecule has 1 fully saturated rings. The van der Waals surface area contributed by atoms with E-state index < -0.39 is 21.5 Å². The molecule has 1 aliphatic rings. The molecule has 0 saturated heterocycles. The fourth-order valence-corrected chi connectivity index (χ4v) is 5.20. The van der Waals surface area contributed by atoms with Gasteiger partial charge in [-0.05, 0) is 40.5 Å². The largest absolute Gasteiger partial charge is 0.392 e. The van der Waals surface area contributed by atoms with E-state index in [1.807, 2.05) is 13.8 Å². The van der Waals surface area contributed by atoms with Gasteiger partial charge in [0.25, 0.3) is 0 Å². The lowest BCUT2D eigenvalue weighted by Crippen LogP contribution is -2.61. The number of nitrogens with one attached hydrogen (secondary N) is 1. The highest BCUT2D eigenvalue weighted by Gasteiger charge is 2.49. The molecule has 2 atom stereocenters. The monoisotopic (exact) mass is 411 g/mol. The van der Waals surface area contributed by atoms with E-state index in [1.165, 1.54) is 0 Å². The summed E-state index contributed by atoms with van der Waals surface area (Å²) in [5.74, 6) is 0. The van der Waals surface area contributed by atoms with Gasteiger partial charge in [0.05, 0.1) is 11.0 Å². The lowest BCUT2D eigenvalue weighted by Gasteiger charge is -2.49. The molecule has 0 bridgehead atoms. The summed E-state index contributed by atoms with van der Waals surface area (Å²) in [7, 11) is -3.59. The van der Waals surface area contributed by atoms with Gasteiger partial charge >= 0.3 is 0 Å². The Bertz CT molecular complexity index is 601. The van der Waals surface area contributed by atoms with Crippen molar-refractivity contribution in [2.45, 2.75) is 37.3 Å². The molecular formula is C12H15Br2NO3S.